The van der Waals surface area contributed by atoms with Crippen molar-refractivity contribution in [1.29, 1.82) is 0 Å². The van der Waals surface area contributed by atoms with Crippen molar-refractivity contribution in [2.45, 2.75) is 39.2 Å². The Balaban J connectivity index is 2.90. The van der Waals surface area contributed by atoms with Crippen LogP contribution in [-0.4, -0.2) is 16.4 Å². The lowest BCUT2D eigenvalue weighted by molar-refractivity contribution is 0.479. The molecule has 0 saturated carbocycles. The predicted molar refractivity (Wildman–Crippen MR) is 74.3 cm³/mol. The summed E-state index contributed by atoms with van der Waals surface area (Å²) >= 11 is 9.38. The summed E-state index contributed by atoms with van der Waals surface area (Å²) in [6.07, 6.45) is 3.76. The van der Waals surface area contributed by atoms with Crippen LogP contribution in [0.25, 0.3) is 0 Å². The second-order valence-electron chi connectivity index (χ2n) is 4.27. The van der Waals surface area contributed by atoms with Crippen LogP contribution in [0.1, 0.15) is 32.3 Å². The van der Waals surface area contributed by atoms with E-state index in [2.05, 4.69) is 47.0 Å². The lowest BCUT2D eigenvalue weighted by Gasteiger charge is -2.30. The van der Waals surface area contributed by atoms with E-state index in [1.165, 1.54) is 5.56 Å². The van der Waals surface area contributed by atoms with Crippen molar-refractivity contribution in [3.63, 3.8) is 0 Å². The van der Waals surface area contributed by atoms with Crippen molar-refractivity contribution in [3.8, 4) is 0 Å². The van der Waals surface area contributed by atoms with Crippen LogP contribution in [-0.2, 0) is 0 Å². The van der Waals surface area contributed by atoms with Gasteiger partial charge in [0.15, 0.2) is 0 Å². The van der Waals surface area contributed by atoms with Crippen molar-refractivity contribution >= 4 is 33.3 Å². The SMILES string of the molecule is CCC(C)(CCCl)Nc1nccc(C)c1Br. The average molecular weight is 306 g/mol. The zero-order valence-electron chi connectivity index (χ0n) is 9.98. The van der Waals surface area contributed by atoms with Crippen LogP contribution < -0.4 is 5.32 Å². The molecule has 0 aliphatic rings. The third-order valence-corrected chi connectivity index (χ3v) is 4.12. The minimum absolute atomic E-state index is 0.00502. The van der Waals surface area contributed by atoms with Gasteiger partial charge in [0.05, 0.1) is 4.47 Å². The first kappa shape index (κ1) is 13.8. The van der Waals surface area contributed by atoms with Gasteiger partial charge in [-0.05, 0) is 54.2 Å². The molecule has 1 rings (SSSR count). The van der Waals surface area contributed by atoms with Gasteiger partial charge in [-0.3, -0.25) is 0 Å². The molecule has 1 unspecified atom stereocenters. The number of pyridine rings is 1. The second kappa shape index (κ2) is 5.87. The standard InChI is InChI=1S/C12H18BrClN2/c1-4-12(3,6-7-14)16-11-10(13)9(2)5-8-15-11/h5,8H,4,6-7H2,1-3H3,(H,15,16). The predicted octanol–water partition coefficient (Wildman–Crippen LogP) is 4.36. The molecule has 0 aliphatic carbocycles. The third kappa shape index (κ3) is 3.36. The summed E-state index contributed by atoms with van der Waals surface area (Å²) in [5.41, 5.74) is 1.19. The number of aromatic nitrogens is 1. The molecular weight excluding hydrogens is 288 g/mol. The summed E-state index contributed by atoms with van der Waals surface area (Å²) < 4.78 is 1.03. The minimum atomic E-state index is 0.00502. The molecule has 90 valence electrons. The molecule has 1 atom stereocenters. The molecule has 2 nitrogen and oxygen atoms in total. The van der Waals surface area contributed by atoms with E-state index in [0.717, 1.165) is 23.1 Å². The molecule has 1 N–H and O–H groups in total. The zero-order chi connectivity index (χ0) is 12.2. The molecule has 1 heterocycles. The van der Waals surface area contributed by atoms with Crippen LogP contribution >= 0.6 is 27.5 Å². The smallest absolute Gasteiger partial charge is 0.140 e. The fourth-order valence-corrected chi connectivity index (χ4v) is 2.20. The second-order valence-corrected chi connectivity index (χ2v) is 5.44. The number of halogens is 2. The molecule has 0 radical (unpaired) electrons. The Hall–Kier alpha value is -0.280. The first-order chi connectivity index (χ1) is 7.52. The van der Waals surface area contributed by atoms with E-state index in [1.54, 1.807) is 0 Å². The molecule has 0 aliphatic heterocycles. The highest BCUT2D eigenvalue weighted by atomic mass is 79.9. The summed E-state index contributed by atoms with van der Waals surface area (Å²) in [5.74, 6) is 1.55. The Morgan fingerprint density at radius 1 is 1.56 bits per heavy atom. The summed E-state index contributed by atoms with van der Waals surface area (Å²) in [7, 11) is 0. The van der Waals surface area contributed by atoms with Gasteiger partial charge < -0.3 is 5.32 Å². The Morgan fingerprint density at radius 3 is 2.81 bits per heavy atom. The number of rotatable bonds is 5. The topological polar surface area (TPSA) is 24.9 Å². The van der Waals surface area contributed by atoms with Crippen molar-refractivity contribution < 1.29 is 0 Å². The largest absolute Gasteiger partial charge is 0.364 e. The molecule has 0 aromatic carbocycles. The first-order valence-corrected chi connectivity index (χ1v) is 6.80. The molecule has 0 saturated heterocycles. The van der Waals surface area contributed by atoms with Gasteiger partial charge in [-0.1, -0.05) is 6.92 Å². The maximum absolute atomic E-state index is 5.83. The van der Waals surface area contributed by atoms with Gasteiger partial charge in [0.2, 0.25) is 0 Å². The Morgan fingerprint density at radius 2 is 2.25 bits per heavy atom. The summed E-state index contributed by atoms with van der Waals surface area (Å²) in [6, 6.07) is 1.99. The number of alkyl halides is 1. The molecule has 1 aromatic rings. The summed E-state index contributed by atoms with van der Waals surface area (Å²) in [5, 5.41) is 3.47. The van der Waals surface area contributed by atoms with E-state index in [4.69, 9.17) is 11.6 Å². The molecule has 16 heavy (non-hydrogen) atoms. The van der Waals surface area contributed by atoms with Gasteiger partial charge in [-0.2, -0.15) is 0 Å². The average Bonchev–Trinajstić information content (AvgIpc) is 2.25. The normalized spacial score (nSPS) is 14.6. The fourth-order valence-electron chi connectivity index (χ4n) is 1.45. The minimum Gasteiger partial charge on any atom is -0.364 e. The summed E-state index contributed by atoms with van der Waals surface area (Å²) in [4.78, 5) is 4.35. The van der Waals surface area contributed by atoms with E-state index in [-0.39, 0.29) is 5.54 Å². The number of nitrogens with zero attached hydrogens (tertiary/aromatic N) is 1. The van der Waals surface area contributed by atoms with Gasteiger partial charge in [-0.15, -0.1) is 11.6 Å². The first-order valence-electron chi connectivity index (χ1n) is 5.47. The van der Waals surface area contributed by atoms with E-state index in [0.29, 0.717) is 5.88 Å². The third-order valence-electron chi connectivity index (χ3n) is 2.93. The lowest BCUT2D eigenvalue weighted by Crippen LogP contribution is -2.35. The van der Waals surface area contributed by atoms with Gasteiger partial charge >= 0.3 is 0 Å². The quantitative estimate of drug-likeness (QED) is 0.818. The molecule has 0 spiro atoms. The number of anilines is 1. The molecule has 0 bridgehead atoms. The highest BCUT2D eigenvalue weighted by Gasteiger charge is 2.22. The van der Waals surface area contributed by atoms with Crippen LogP contribution in [0.15, 0.2) is 16.7 Å². The number of nitrogens with one attached hydrogen (secondary N) is 1. The van der Waals surface area contributed by atoms with Crippen LogP contribution in [0.5, 0.6) is 0 Å². The van der Waals surface area contributed by atoms with Crippen molar-refractivity contribution in [2.24, 2.45) is 0 Å². The van der Waals surface area contributed by atoms with Crippen LogP contribution in [0, 0.1) is 6.92 Å². The molecular formula is C12H18BrClN2. The van der Waals surface area contributed by atoms with Crippen molar-refractivity contribution in [1.82, 2.24) is 4.98 Å². The summed E-state index contributed by atoms with van der Waals surface area (Å²) in [6.45, 7) is 6.39. The van der Waals surface area contributed by atoms with E-state index in [9.17, 15) is 0 Å². The Kier molecular flexibility index (Phi) is 5.06. The maximum Gasteiger partial charge on any atom is 0.140 e. The van der Waals surface area contributed by atoms with E-state index in [1.807, 2.05) is 12.3 Å². The monoisotopic (exact) mass is 304 g/mol. The molecule has 0 amide bonds. The van der Waals surface area contributed by atoms with Gasteiger partial charge in [-0.25, -0.2) is 4.98 Å². The molecule has 1 aromatic heterocycles. The number of hydrogen-bond donors (Lipinski definition) is 1. The van der Waals surface area contributed by atoms with Gasteiger partial charge in [0.1, 0.15) is 5.82 Å². The van der Waals surface area contributed by atoms with Gasteiger partial charge in [0, 0.05) is 17.6 Å². The highest BCUT2D eigenvalue weighted by molar-refractivity contribution is 9.10. The zero-order valence-corrected chi connectivity index (χ0v) is 12.3. The van der Waals surface area contributed by atoms with Gasteiger partial charge in [0.25, 0.3) is 0 Å². The Bertz CT molecular complexity index is 357. The lowest BCUT2D eigenvalue weighted by atomic mass is 9.95. The number of aryl methyl sites for hydroxylation is 1. The fraction of sp³-hybridized carbons (Fsp3) is 0.583. The maximum atomic E-state index is 5.83. The van der Waals surface area contributed by atoms with Crippen LogP contribution in [0.4, 0.5) is 5.82 Å². The van der Waals surface area contributed by atoms with Crippen molar-refractivity contribution in [2.75, 3.05) is 11.2 Å². The van der Waals surface area contributed by atoms with Crippen molar-refractivity contribution in [3.05, 3.63) is 22.3 Å². The van der Waals surface area contributed by atoms with Crippen LogP contribution in [0.3, 0.4) is 0 Å². The molecule has 0 fully saturated rings. The van der Waals surface area contributed by atoms with Crippen LogP contribution in [0.2, 0.25) is 0 Å². The van der Waals surface area contributed by atoms with E-state index >= 15 is 0 Å². The number of hydrogen-bond acceptors (Lipinski definition) is 2. The Labute approximate surface area is 111 Å². The highest BCUT2D eigenvalue weighted by Crippen LogP contribution is 2.28. The van der Waals surface area contributed by atoms with E-state index < -0.39 is 0 Å². The molecule has 4 heteroatoms.